The van der Waals surface area contributed by atoms with Gasteiger partial charge in [-0.25, -0.2) is 13.1 Å². The van der Waals surface area contributed by atoms with Crippen molar-refractivity contribution in [2.75, 3.05) is 0 Å². The molecule has 120 valence electrons. The van der Waals surface area contributed by atoms with Gasteiger partial charge in [0, 0.05) is 24.8 Å². The molecule has 1 unspecified atom stereocenters. The monoisotopic (exact) mass is 321 g/mol. The topological polar surface area (TPSA) is 64.0 Å². The molecule has 5 nitrogen and oxygen atoms in total. The standard InChI is InChI=1S/C16H23N3O2S/c1-5-6-14-7-9-15(10-8-14)22(20,21)18-13(3)16-11-19(4)17-12(16)2/h7-11,13,18H,5-6H2,1-4H3. The molecule has 0 spiro atoms. The van der Waals surface area contributed by atoms with Crippen LogP contribution in [0.5, 0.6) is 0 Å². The average Bonchev–Trinajstić information content (AvgIpc) is 2.78. The molecule has 0 saturated heterocycles. The molecule has 2 aromatic rings. The maximum Gasteiger partial charge on any atom is 0.241 e. The van der Waals surface area contributed by atoms with Crippen LogP contribution in [-0.4, -0.2) is 18.2 Å². The third-order valence-electron chi connectivity index (χ3n) is 3.62. The first-order valence-corrected chi connectivity index (χ1v) is 8.93. The van der Waals surface area contributed by atoms with Crippen molar-refractivity contribution in [1.29, 1.82) is 0 Å². The van der Waals surface area contributed by atoms with Crippen LogP contribution in [-0.2, 0) is 23.5 Å². The molecule has 0 radical (unpaired) electrons. The summed E-state index contributed by atoms with van der Waals surface area (Å²) in [5.74, 6) is 0. The largest absolute Gasteiger partial charge is 0.275 e. The first-order chi connectivity index (χ1) is 10.3. The molecular weight excluding hydrogens is 298 g/mol. The molecule has 1 atom stereocenters. The van der Waals surface area contributed by atoms with E-state index in [9.17, 15) is 8.42 Å². The van der Waals surface area contributed by atoms with Gasteiger partial charge in [-0.1, -0.05) is 25.5 Å². The lowest BCUT2D eigenvalue weighted by Crippen LogP contribution is -2.27. The Bertz CT molecular complexity index is 733. The molecule has 1 heterocycles. The average molecular weight is 321 g/mol. The minimum atomic E-state index is -3.53. The summed E-state index contributed by atoms with van der Waals surface area (Å²) in [6.07, 6.45) is 3.84. The minimum Gasteiger partial charge on any atom is -0.275 e. The van der Waals surface area contributed by atoms with Crippen molar-refractivity contribution in [3.63, 3.8) is 0 Å². The van der Waals surface area contributed by atoms with Crippen LogP contribution in [0.3, 0.4) is 0 Å². The summed E-state index contributed by atoms with van der Waals surface area (Å²) in [6, 6.07) is 6.75. The number of sulfonamides is 1. The van der Waals surface area contributed by atoms with Crippen LogP contribution < -0.4 is 4.72 Å². The van der Waals surface area contributed by atoms with E-state index >= 15 is 0 Å². The van der Waals surface area contributed by atoms with Crippen molar-refractivity contribution in [3.05, 3.63) is 47.3 Å². The van der Waals surface area contributed by atoms with E-state index in [4.69, 9.17) is 0 Å². The van der Waals surface area contributed by atoms with Gasteiger partial charge >= 0.3 is 0 Å². The Labute approximate surface area is 132 Å². The Morgan fingerprint density at radius 2 is 1.91 bits per heavy atom. The molecular formula is C16H23N3O2S. The smallest absolute Gasteiger partial charge is 0.241 e. The Morgan fingerprint density at radius 1 is 1.27 bits per heavy atom. The van der Waals surface area contributed by atoms with Crippen LogP contribution >= 0.6 is 0 Å². The fraction of sp³-hybridized carbons (Fsp3) is 0.438. The van der Waals surface area contributed by atoms with E-state index in [0.717, 1.165) is 29.7 Å². The number of nitrogens with zero attached hydrogens (tertiary/aromatic N) is 2. The van der Waals surface area contributed by atoms with Gasteiger partial charge in [0.05, 0.1) is 10.6 Å². The van der Waals surface area contributed by atoms with Crippen molar-refractivity contribution in [2.45, 2.75) is 44.6 Å². The molecule has 0 aliphatic heterocycles. The molecule has 1 N–H and O–H groups in total. The van der Waals surface area contributed by atoms with Gasteiger partial charge in [-0.3, -0.25) is 4.68 Å². The summed E-state index contributed by atoms with van der Waals surface area (Å²) in [7, 11) is -1.71. The first-order valence-electron chi connectivity index (χ1n) is 7.45. The van der Waals surface area contributed by atoms with E-state index in [2.05, 4.69) is 16.7 Å². The molecule has 1 aromatic carbocycles. The lowest BCUT2D eigenvalue weighted by Gasteiger charge is -2.14. The number of rotatable bonds is 6. The fourth-order valence-corrected chi connectivity index (χ4v) is 3.75. The highest BCUT2D eigenvalue weighted by Crippen LogP contribution is 2.19. The van der Waals surface area contributed by atoms with Gasteiger partial charge in [-0.05, 0) is 38.0 Å². The Morgan fingerprint density at radius 3 is 2.41 bits per heavy atom. The number of nitrogens with one attached hydrogen (secondary N) is 1. The molecule has 0 bridgehead atoms. The van der Waals surface area contributed by atoms with E-state index in [0.29, 0.717) is 4.90 Å². The summed E-state index contributed by atoms with van der Waals surface area (Å²) in [6.45, 7) is 5.80. The van der Waals surface area contributed by atoms with E-state index in [1.54, 1.807) is 16.8 Å². The van der Waals surface area contributed by atoms with Crippen molar-refractivity contribution < 1.29 is 8.42 Å². The van der Waals surface area contributed by atoms with Crippen molar-refractivity contribution >= 4 is 10.0 Å². The summed E-state index contributed by atoms with van der Waals surface area (Å²) in [5.41, 5.74) is 2.86. The van der Waals surface area contributed by atoms with Crippen molar-refractivity contribution in [3.8, 4) is 0 Å². The minimum absolute atomic E-state index is 0.292. The van der Waals surface area contributed by atoms with E-state index in [1.807, 2.05) is 39.2 Å². The van der Waals surface area contributed by atoms with Crippen LogP contribution in [0, 0.1) is 6.92 Å². The summed E-state index contributed by atoms with van der Waals surface area (Å²) < 4.78 is 29.3. The summed E-state index contributed by atoms with van der Waals surface area (Å²) in [4.78, 5) is 0.292. The number of hydrogen-bond acceptors (Lipinski definition) is 3. The highest BCUT2D eigenvalue weighted by Gasteiger charge is 2.20. The first kappa shape index (κ1) is 16.7. The lowest BCUT2D eigenvalue weighted by atomic mass is 10.1. The van der Waals surface area contributed by atoms with Crippen LogP contribution in [0.2, 0.25) is 0 Å². The van der Waals surface area contributed by atoms with Crippen LogP contribution in [0.4, 0.5) is 0 Å². The third-order valence-corrected chi connectivity index (χ3v) is 5.18. The summed E-state index contributed by atoms with van der Waals surface area (Å²) in [5, 5.41) is 4.25. The Balaban J connectivity index is 2.18. The van der Waals surface area contributed by atoms with Gasteiger partial charge in [-0.2, -0.15) is 5.10 Å². The van der Waals surface area contributed by atoms with E-state index < -0.39 is 10.0 Å². The normalized spacial score (nSPS) is 13.3. The van der Waals surface area contributed by atoms with Crippen molar-refractivity contribution in [1.82, 2.24) is 14.5 Å². The predicted octanol–water partition coefficient (Wildman–Crippen LogP) is 2.72. The zero-order valence-electron chi connectivity index (χ0n) is 13.5. The molecule has 2 rings (SSSR count). The number of aromatic nitrogens is 2. The van der Waals surface area contributed by atoms with Gasteiger partial charge in [0.1, 0.15) is 0 Å². The molecule has 0 fully saturated rings. The van der Waals surface area contributed by atoms with Crippen molar-refractivity contribution in [2.24, 2.45) is 7.05 Å². The van der Waals surface area contributed by atoms with Gasteiger partial charge in [-0.15, -0.1) is 0 Å². The molecule has 0 amide bonds. The highest BCUT2D eigenvalue weighted by molar-refractivity contribution is 7.89. The van der Waals surface area contributed by atoms with Crippen LogP contribution in [0.15, 0.2) is 35.4 Å². The van der Waals surface area contributed by atoms with Gasteiger partial charge in [0.2, 0.25) is 10.0 Å². The second kappa shape index (κ2) is 6.62. The molecule has 0 saturated carbocycles. The second-order valence-corrected chi connectivity index (χ2v) is 7.29. The summed E-state index contributed by atoms with van der Waals surface area (Å²) >= 11 is 0. The Kier molecular flexibility index (Phi) is 5.03. The molecule has 1 aromatic heterocycles. The number of benzene rings is 1. The van der Waals surface area contributed by atoms with Gasteiger partial charge < -0.3 is 0 Å². The quantitative estimate of drug-likeness (QED) is 0.890. The van der Waals surface area contributed by atoms with Crippen LogP contribution in [0.1, 0.15) is 43.1 Å². The van der Waals surface area contributed by atoms with Crippen LogP contribution in [0.25, 0.3) is 0 Å². The van der Waals surface area contributed by atoms with E-state index in [1.165, 1.54) is 0 Å². The number of aryl methyl sites for hydroxylation is 3. The fourth-order valence-electron chi connectivity index (χ4n) is 2.53. The molecule has 0 aliphatic carbocycles. The molecule has 22 heavy (non-hydrogen) atoms. The SMILES string of the molecule is CCCc1ccc(S(=O)(=O)NC(C)c2cn(C)nc2C)cc1. The highest BCUT2D eigenvalue weighted by atomic mass is 32.2. The van der Waals surface area contributed by atoms with E-state index in [-0.39, 0.29) is 6.04 Å². The predicted molar refractivity (Wildman–Crippen MR) is 87.1 cm³/mol. The maximum atomic E-state index is 12.5. The maximum absolute atomic E-state index is 12.5. The number of hydrogen-bond donors (Lipinski definition) is 1. The second-order valence-electron chi connectivity index (χ2n) is 5.58. The zero-order chi connectivity index (χ0) is 16.3. The third kappa shape index (κ3) is 3.75. The van der Waals surface area contributed by atoms with Gasteiger partial charge in [0.25, 0.3) is 0 Å². The molecule has 6 heteroatoms. The molecule has 0 aliphatic rings. The van der Waals surface area contributed by atoms with Gasteiger partial charge in [0.15, 0.2) is 0 Å². The lowest BCUT2D eigenvalue weighted by molar-refractivity contribution is 0.566. The zero-order valence-corrected chi connectivity index (χ0v) is 14.3. The Hall–Kier alpha value is -1.66.